The van der Waals surface area contributed by atoms with Crippen LogP contribution < -0.4 is 5.56 Å². The maximum Gasteiger partial charge on any atom is 0.263 e. The van der Waals surface area contributed by atoms with Crippen molar-refractivity contribution >= 4 is 43.2 Å². The van der Waals surface area contributed by atoms with Gasteiger partial charge in [-0.3, -0.25) is 9.36 Å². The van der Waals surface area contributed by atoms with Gasteiger partial charge in [-0.25, -0.2) is 0 Å². The first-order valence-electron chi connectivity index (χ1n) is 20.7. The molecule has 0 atom stereocenters. The van der Waals surface area contributed by atoms with Gasteiger partial charge in [-0.2, -0.15) is 0 Å². The van der Waals surface area contributed by atoms with E-state index in [1.807, 2.05) is 53.1 Å². The average molecular weight is 762 g/mol. The maximum absolute atomic E-state index is 14.1. The average Bonchev–Trinajstić information content (AvgIpc) is 3.78. The van der Waals surface area contributed by atoms with Gasteiger partial charge in [0.1, 0.15) is 0 Å². The molecule has 278 valence electrons. The van der Waals surface area contributed by atoms with Gasteiger partial charge in [0.05, 0.1) is 10.9 Å². The van der Waals surface area contributed by atoms with Crippen LogP contribution in [0.4, 0.5) is 0 Å². The van der Waals surface area contributed by atoms with E-state index in [1.165, 1.54) is 82.7 Å². The third kappa shape index (κ3) is 4.29. The second kappa shape index (κ2) is 12.3. The third-order valence-corrected chi connectivity index (χ3v) is 13.4. The van der Waals surface area contributed by atoms with E-state index in [-0.39, 0.29) is 5.56 Å². The lowest BCUT2D eigenvalue weighted by molar-refractivity contribution is 0.794. The molecule has 2 heteroatoms. The van der Waals surface area contributed by atoms with Crippen molar-refractivity contribution < 1.29 is 0 Å². The molecule has 10 aromatic carbocycles. The van der Waals surface area contributed by atoms with E-state index in [0.29, 0.717) is 5.39 Å². The molecule has 11 aromatic rings. The van der Waals surface area contributed by atoms with Crippen LogP contribution in [0, 0.1) is 0 Å². The van der Waals surface area contributed by atoms with E-state index in [4.69, 9.17) is 0 Å². The lowest BCUT2D eigenvalue weighted by Gasteiger charge is -2.30. The van der Waals surface area contributed by atoms with Crippen LogP contribution in [0.3, 0.4) is 0 Å². The van der Waals surface area contributed by atoms with Gasteiger partial charge in [-0.1, -0.05) is 176 Å². The summed E-state index contributed by atoms with van der Waals surface area (Å²) in [5, 5.41) is 7.52. The number of hydrogen-bond acceptors (Lipinski definition) is 1. The van der Waals surface area contributed by atoms with Crippen molar-refractivity contribution in [3.63, 3.8) is 0 Å². The van der Waals surface area contributed by atoms with Gasteiger partial charge in [0.15, 0.2) is 0 Å². The predicted octanol–water partition coefficient (Wildman–Crippen LogP) is 14.1. The molecule has 0 aliphatic heterocycles. The minimum absolute atomic E-state index is 0.0129. The SMILES string of the molecule is O=c1c2ccccc2c2cc(-c3c4ccccc4c(-c4ccc5c(c4)C4(c6ccccc6-c6ccccc64)c4ccccc4-5)c4ccccc34)ccc2n1-c1ccccc1. The Hall–Kier alpha value is -7.81. The molecule has 0 fully saturated rings. The molecular weight excluding hydrogens is 727 g/mol. The fourth-order valence-corrected chi connectivity index (χ4v) is 11.1. The van der Waals surface area contributed by atoms with E-state index in [9.17, 15) is 4.79 Å². The third-order valence-electron chi connectivity index (χ3n) is 13.4. The van der Waals surface area contributed by atoms with Gasteiger partial charge in [0.25, 0.3) is 5.56 Å². The molecule has 1 spiro atoms. The number of hydrogen-bond donors (Lipinski definition) is 0. The molecular formula is C58H35NO. The minimum atomic E-state index is -0.422. The van der Waals surface area contributed by atoms with Crippen LogP contribution in [-0.4, -0.2) is 4.57 Å². The highest BCUT2D eigenvalue weighted by Crippen LogP contribution is 2.63. The van der Waals surface area contributed by atoms with Crippen LogP contribution >= 0.6 is 0 Å². The van der Waals surface area contributed by atoms with Gasteiger partial charge in [0, 0.05) is 16.5 Å². The summed E-state index contributed by atoms with van der Waals surface area (Å²) in [5.41, 5.74) is 16.7. The summed E-state index contributed by atoms with van der Waals surface area (Å²) < 4.78 is 1.86. The van der Waals surface area contributed by atoms with Crippen LogP contribution in [0.5, 0.6) is 0 Å². The van der Waals surface area contributed by atoms with Gasteiger partial charge >= 0.3 is 0 Å². The zero-order valence-corrected chi connectivity index (χ0v) is 32.6. The van der Waals surface area contributed by atoms with E-state index >= 15 is 0 Å². The second-order valence-corrected chi connectivity index (χ2v) is 16.2. The quantitative estimate of drug-likeness (QED) is 0.130. The fourth-order valence-electron chi connectivity index (χ4n) is 11.1. The summed E-state index contributed by atoms with van der Waals surface area (Å²) in [6, 6.07) is 76.7. The topological polar surface area (TPSA) is 22.0 Å². The fraction of sp³-hybridized carbons (Fsp3) is 0.0172. The summed E-state index contributed by atoms with van der Waals surface area (Å²) in [7, 11) is 0. The Morgan fingerprint density at radius 1 is 0.317 bits per heavy atom. The molecule has 0 unspecified atom stereocenters. The predicted molar refractivity (Wildman–Crippen MR) is 249 cm³/mol. The van der Waals surface area contributed by atoms with Gasteiger partial charge < -0.3 is 0 Å². The molecule has 0 radical (unpaired) electrons. The first-order valence-corrected chi connectivity index (χ1v) is 20.7. The highest BCUT2D eigenvalue weighted by molar-refractivity contribution is 6.22. The number of rotatable bonds is 3. The largest absolute Gasteiger partial charge is 0.276 e. The van der Waals surface area contributed by atoms with E-state index in [1.54, 1.807) is 0 Å². The Morgan fingerprint density at radius 2 is 0.733 bits per heavy atom. The number of para-hydroxylation sites is 1. The normalized spacial score (nSPS) is 13.2. The molecule has 13 rings (SSSR count). The smallest absolute Gasteiger partial charge is 0.263 e. The van der Waals surface area contributed by atoms with Crippen molar-refractivity contribution in [1.29, 1.82) is 0 Å². The first kappa shape index (κ1) is 33.2. The van der Waals surface area contributed by atoms with Crippen LogP contribution in [0.1, 0.15) is 22.3 Å². The van der Waals surface area contributed by atoms with Gasteiger partial charge in [0.2, 0.25) is 0 Å². The molecule has 0 N–H and O–H groups in total. The maximum atomic E-state index is 14.1. The van der Waals surface area contributed by atoms with Gasteiger partial charge in [-0.05, 0) is 130 Å². The van der Waals surface area contributed by atoms with Crippen molar-refractivity contribution in [2.45, 2.75) is 5.41 Å². The molecule has 1 heterocycles. The Kier molecular flexibility index (Phi) is 6.83. The molecule has 2 aliphatic rings. The molecule has 1 aromatic heterocycles. The standard InChI is InChI=1S/C58H35NO/c60-57-48-26-9-4-18-39(48)49-34-36(31-33-54(49)59(57)38-16-2-1-3-17-38)55-44-22-5-7-24-46(44)56(47-25-8-6-23-45(47)55)37-30-32-43-42-21-12-15-29-52(42)58(53(43)35-37)50-27-13-10-19-40(50)41-20-11-14-28-51(41)58/h1-35H. The Morgan fingerprint density at radius 3 is 1.28 bits per heavy atom. The van der Waals surface area contributed by atoms with Crippen LogP contribution in [-0.2, 0) is 5.41 Å². The number of benzene rings is 10. The lowest BCUT2D eigenvalue weighted by Crippen LogP contribution is -2.25. The highest BCUT2D eigenvalue weighted by atomic mass is 16.1. The zero-order valence-electron chi connectivity index (χ0n) is 32.6. The summed E-state index contributed by atoms with van der Waals surface area (Å²) >= 11 is 0. The molecule has 2 nitrogen and oxygen atoms in total. The Balaban J connectivity index is 1.09. The highest BCUT2D eigenvalue weighted by Gasteiger charge is 2.51. The van der Waals surface area contributed by atoms with Crippen LogP contribution in [0.2, 0.25) is 0 Å². The van der Waals surface area contributed by atoms with Crippen LogP contribution in [0.15, 0.2) is 217 Å². The van der Waals surface area contributed by atoms with Crippen molar-refractivity contribution in [2.24, 2.45) is 0 Å². The summed E-state index contributed by atoms with van der Waals surface area (Å²) in [6.07, 6.45) is 0. The molecule has 0 saturated carbocycles. The summed E-state index contributed by atoms with van der Waals surface area (Å²) in [6.45, 7) is 0. The number of pyridine rings is 1. The van der Waals surface area contributed by atoms with Crippen molar-refractivity contribution in [3.05, 3.63) is 245 Å². The number of aromatic nitrogens is 1. The molecule has 0 bridgehead atoms. The molecule has 2 aliphatic carbocycles. The van der Waals surface area contributed by atoms with Crippen molar-refractivity contribution in [3.8, 4) is 50.2 Å². The molecule has 0 saturated heterocycles. The molecule has 60 heavy (non-hydrogen) atoms. The second-order valence-electron chi connectivity index (χ2n) is 16.2. The van der Waals surface area contributed by atoms with Gasteiger partial charge in [-0.15, -0.1) is 0 Å². The Bertz CT molecular complexity index is 3570. The summed E-state index contributed by atoms with van der Waals surface area (Å²) in [4.78, 5) is 14.1. The van der Waals surface area contributed by atoms with Crippen molar-refractivity contribution in [2.75, 3.05) is 0 Å². The van der Waals surface area contributed by atoms with E-state index < -0.39 is 5.41 Å². The van der Waals surface area contributed by atoms with Crippen molar-refractivity contribution in [1.82, 2.24) is 4.57 Å². The molecule has 0 amide bonds. The van der Waals surface area contributed by atoms with Crippen LogP contribution in [0.25, 0.3) is 93.4 Å². The minimum Gasteiger partial charge on any atom is -0.276 e. The lowest BCUT2D eigenvalue weighted by atomic mass is 9.70. The monoisotopic (exact) mass is 761 g/mol. The first-order chi connectivity index (χ1) is 29.7. The number of nitrogens with zero attached hydrogens (tertiary/aromatic N) is 1. The van der Waals surface area contributed by atoms with E-state index in [2.05, 4.69) is 164 Å². The zero-order chi connectivity index (χ0) is 39.5. The number of fused-ring (bicyclic) bond motifs is 15. The summed E-state index contributed by atoms with van der Waals surface area (Å²) in [5.74, 6) is 0. The van der Waals surface area contributed by atoms with E-state index in [0.717, 1.165) is 27.5 Å². The Labute approximate surface area is 346 Å².